The van der Waals surface area contributed by atoms with Gasteiger partial charge in [0.15, 0.2) is 11.5 Å². The molecule has 0 aliphatic heterocycles. The molecule has 2 aromatic rings. The quantitative estimate of drug-likeness (QED) is 0.524. The van der Waals surface area contributed by atoms with Gasteiger partial charge in [0, 0.05) is 0 Å². The fraction of sp³-hybridized carbons (Fsp3) is 0.0625. The Labute approximate surface area is 139 Å². The first-order valence-electron chi connectivity index (χ1n) is 6.08. The molecule has 0 fully saturated rings. The van der Waals surface area contributed by atoms with Gasteiger partial charge in [0.05, 0.1) is 16.1 Å². The fourth-order valence-electron chi connectivity index (χ4n) is 1.72. The molecular weight excluding hydrogens is 400 g/mol. The minimum absolute atomic E-state index is 0.384. The van der Waals surface area contributed by atoms with Crippen LogP contribution in [0.1, 0.15) is 15.9 Å². The maximum Gasteiger partial charge on any atom is 0.343 e. The number of rotatable bonds is 4. The number of esters is 1. The summed E-state index contributed by atoms with van der Waals surface area (Å²) in [4.78, 5) is 12.0. The predicted molar refractivity (Wildman–Crippen MR) is 90.2 cm³/mol. The van der Waals surface area contributed by atoms with E-state index in [0.29, 0.717) is 17.1 Å². The first kappa shape index (κ1) is 15.8. The van der Waals surface area contributed by atoms with Crippen molar-refractivity contribution >= 4 is 43.9 Å². The van der Waals surface area contributed by atoms with E-state index >= 15 is 0 Å². The van der Waals surface area contributed by atoms with Crippen molar-refractivity contribution in [2.45, 2.75) is 0 Å². The van der Waals surface area contributed by atoms with Crippen molar-refractivity contribution < 1.29 is 14.3 Å². The molecule has 2 rings (SSSR count). The molecule has 0 radical (unpaired) electrons. The van der Waals surface area contributed by atoms with Gasteiger partial charge in [0.2, 0.25) is 0 Å². The largest absolute Gasteiger partial charge is 0.493 e. The SMILES string of the molecule is COc1cc(C=C(Br)Br)ccc1OC(=O)c1ccccc1. The van der Waals surface area contributed by atoms with Gasteiger partial charge < -0.3 is 9.47 Å². The molecule has 108 valence electrons. The summed E-state index contributed by atoms with van der Waals surface area (Å²) in [6.45, 7) is 0. The van der Waals surface area contributed by atoms with Crippen LogP contribution >= 0.6 is 31.9 Å². The lowest BCUT2D eigenvalue weighted by atomic mass is 10.2. The normalized spacial score (nSPS) is 9.86. The molecule has 0 amide bonds. The van der Waals surface area contributed by atoms with Crippen molar-refractivity contribution in [2.24, 2.45) is 0 Å². The average molecular weight is 412 g/mol. The van der Waals surface area contributed by atoms with E-state index < -0.39 is 5.97 Å². The highest BCUT2D eigenvalue weighted by atomic mass is 79.9. The minimum Gasteiger partial charge on any atom is -0.493 e. The van der Waals surface area contributed by atoms with Crippen molar-refractivity contribution in [3.8, 4) is 11.5 Å². The van der Waals surface area contributed by atoms with Crippen LogP contribution in [0.3, 0.4) is 0 Å². The molecule has 0 aliphatic rings. The zero-order chi connectivity index (χ0) is 15.2. The van der Waals surface area contributed by atoms with Gasteiger partial charge in [-0.05, 0) is 67.8 Å². The third-order valence-electron chi connectivity index (χ3n) is 2.68. The van der Waals surface area contributed by atoms with Crippen LogP contribution in [0.15, 0.2) is 51.9 Å². The molecule has 0 saturated heterocycles. The van der Waals surface area contributed by atoms with Gasteiger partial charge in [-0.3, -0.25) is 0 Å². The van der Waals surface area contributed by atoms with Crippen LogP contribution < -0.4 is 9.47 Å². The van der Waals surface area contributed by atoms with Crippen LogP contribution in [0.25, 0.3) is 6.08 Å². The molecule has 5 heteroatoms. The smallest absolute Gasteiger partial charge is 0.343 e. The number of hydrogen-bond donors (Lipinski definition) is 0. The molecule has 0 unspecified atom stereocenters. The lowest BCUT2D eigenvalue weighted by Crippen LogP contribution is -2.09. The number of carbonyl (C=O) groups excluding carboxylic acids is 1. The van der Waals surface area contributed by atoms with Crippen molar-refractivity contribution in [3.63, 3.8) is 0 Å². The van der Waals surface area contributed by atoms with Crippen molar-refractivity contribution in [1.29, 1.82) is 0 Å². The second kappa shape index (κ2) is 7.43. The molecule has 0 spiro atoms. The monoisotopic (exact) mass is 410 g/mol. The fourth-order valence-corrected chi connectivity index (χ4v) is 2.25. The second-order valence-electron chi connectivity index (χ2n) is 4.10. The Hall–Kier alpha value is -1.59. The second-order valence-corrected chi connectivity index (χ2v) is 6.87. The van der Waals surface area contributed by atoms with E-state index in [1.807, 2.05) is 18.2 Å². The highest BCUT2D eigenvalue weighted by molar-refractivity contribution is 9.28. The summed E-state index contributed by atoms with van der Waals surface area (Å²) in [6, 6.07) is 14.1. The first-order chi connectivity index (χ1) is 10.1. The lowest BCUT2D eigenvalue weighted by molar-refractivity contribution is 0.0729. The molecule has 2 aromatic carbocycles. The van der Waals surface area contributed by atoms with Gasteiger partial charge in [0.1, 0.15) is 0 Å². The van der Waals surface area contributed by atoms with E-state index in [4.69, 9.17) is 9.47 Å². The maximum absolute atomic E-state index is 12.0. The summed E-state index contributed by atoms with van der Waals surface area (Å²) in [5.74, 6) is 0.461. The van der Waals surface area contributed by atoms with E-state index in [0.717, 1.165) is 8.96 Å². The summed E-state index contributed by atoms with van der Waals surface area (Å²) in [5, 5.41) is 0. The van der Waals surface area contributed by atoms with Crippen LogP contribution in [-0.2, 0) is 0 Å². The van der Waals surface area contributed by atoms with Crippen LogP contribution in [-0.4, -0.2) is 13.1 Å². The van der Waals surface area contributed by atoms with Gasteiger partial charge >= 0.3 is 5.97 Å². The van der Waals surface area contributed by atoms with E-state index in [1.54, 1.807) is 36.4 Å². The molecule has 0 saturated carbocycles. The van der Waals surface area contributed by atoms with E-state index in [1.165, 1.54) is 7.11 Å². The van der Waals surface area contributed by atoms with Crippen LogP contribution in [0, 0.1) is 0 Å². The van der Waals surface area contributed by atoms with Crippen molar-refractivity contribution in [3.05, 3.63) is 63.0 Å². The average Bonchev–Trinajstić information content (AvgIpc) is 2.49. The van der Waals surface area contributed by atoms with Crippen LogP contribution in [0.4, 0.5) is 0 Å². The van der Waals surface area contributed by atoms with Crippen molar-refractivity contribution in [1.82, 2.24) is 0 Å². The molecule has 3 nitrogen and oxygen atoms in total. The number of benzene rings is 2. The number of hydrogen-bond acceptors (Lipinski definition) is 3. The summed E-state index contributed by atoms with van der Waals surface area (Å²) in [7, 11) is 1.53. The summed E-state index contributed by atoms with van der Waals surface area (Å²) in [5.41, 5.74) is 1.40. The van der Waals surface area contributed by atoms with Gasteiger partial charge in [-0.15, -0.1) is 0 Å². The number of halogens is 2. The van der Waals surface area contributed by atoms with E-state index in [9.17, 15) is 4.79 Å². The molecule has 0 bridgehead atoms. The number of ether oxygens (including phenoxy) is 2. The Morgan fingerprint density at radius 1 is 1.05 bits per heavy atom. The Morgan fingerprint density at radius 3 is 2.38 bits per heavy atom. The predicted octanol–water partition coefficient (Wildman–Crippen LogP) is 5.00. The Morgan fingerprint density at radius 2 is 1.76 bits per heavy atom. The first-order valence-corrected chi connectivity index (χ1v) is 7.66. The molecule has 0 atom stereocenters. The van der Waals surface area contributed by atoms with Crippen molar-refractivity contribution in [2.75, 3.05) is 7.11 Å². The zero-order valence-electron chi connectivity index (χ0n) is 11.2. The van der Waals surface area contributed by atoms with Gasteiger partial charge in [-0.2, -0.15) is 0 Å². The zero-order valence-corrected chi connectivity index (χ0v) is 14.3. The number of methoxy groups -OCH3 is 1. The Kier molecular flexibility index (Phi) is 5.59. The maximum atomic E-state index is 12.0. The third-order valence-corrected chi connectivity index (χ3v) is 3.13. The Bertz CT molecular complexity index is 662. The van der Waals surface area contributed by atoms with E-state index in [2.05, 4.69) is 31.9 Å². The highest BCUT2D eigenvalue weighted by Gasteiger charge is 2.12. The lowest BCUT2D eigenvalue weighted by Gasteiger charge is -2.10. The minimum atomic E-state index is -0.418. The molecule has 0 N–H and O–H groups in total. The van der Waals surface area contributed by atoms with Gasteiger partial charge in [-0.1, -0.05) is 24.3 Å². The van der Waals surface area contributed by atoms with Crippen LogP contribution in [0.5, 0.6) is 11.5 Å². The molecular formula is C16H12Br2O3. The summed E-state index contributed by atoms with van der Waals surface area (Å²) >= 11 is 6.60. The third kappa shape index (κ3) is 4.44. The van der Waals surface area contributed by atoms with Gasteiger partial charge in [0.25, 0.3) is 0 Å². The topological polar surface area (TPSA) is 35.5 Å². The Balaban J connectivity index is 2.24. The highest BCUT2D eigenvalue weighted by Crippen LogP contribution is 2.30. The summed E-state index contributed by atoms with van der Waals surface area (Å²) < 4.78 is 11.5. The molecule has 0 aliphatic carbocycles. The van der Waals surface area contributed by atoms with E-state index in [-0.39, 0.29) is 0 Å². The number of carbonyl (C=O) groups is 1. The summed E-state index contributed by atoms with van der Waals surface area (Å²) in [6.07, 6.45) is 1.87. The van der Waals surface area contributed by atoms with Crippen LogP contribution in [0.2, 0.25) is 0 Å². The molecule has 21 heavy (non-hydrogen) atoms. The molecule has 0 heterocycles. The van der Waals surface area contributed by atoms with Gasteiger partial charge in [-0.25, -0.2) is 4.79 Å². The molecule has 0 aromatic heterocycles. The standard InChI is InChI=1S/C16H12Br2O3/c1-20-14-9-11(10-15(17)18)7-8-13(14)21-16(19)12-5-3-2-4-6-12/h2-10H,1H3.